The molecule has 0 aliphatic rings. The molecule has 0 saturated heterocycles. The number of methoxy groups -OCH3 is 1. The number of benzene rings is 1. The molecule has 0 fully saturated rings. The van der Waals surface area contributed by atoms with Crippen molar-refractivity contribution in [2.45, 2.75) is 26.4 Å². The predicted molar refractivity (Wildman–Crippen MR) is 75.0 cm³/mol. The first-order valence-electron chi connectivity index (χ1n) is 6.34. The summed E-state index contributed by atoms with van der Waals surface area (Å²) >= 11 is 0. The molecular weight excluding hydrogens is 224 g/mol. The van der Waals surface area contributed by atoms with E-state index in [-0.39, 0.29) is 0 Å². The van der Waals surface area contributed by atoms with Crippen molar-refractivity contribution in [2.75, 3.05) is 12.4 Å². The number of rotatable bonds is 6. The Balaban J connectivity index is 1.93. The van der Waals surface area contributed by atoms with Gasteiger partial charge in [-0.05, 0) is 30.2 Å². The van der Waals surface area contributed by atoms with Crippen molar-refractivity contribution in [1.82, 2.24) is 4.57 Å². The summed E-state index contributed by atoms with van der Waals surface area (Å²) in [7, 11) is 1.68. The van der Waals surface area contributed by atoms with Crippen LogP contribution in [0.5, 0.6) is 5.75 Å². The van der Waals surface area contributed by atoms with Gasteiger partial charge in [-0.3, -0.25) is 0 Å². The number of anilines is 1. The van der Waals surface area contributed by atoms with E-state index in [0.717, 1.165) is 30.9 Å². The molecule has 0 saturated carbocycles. The van der Waals surface area contributed by atoms with Crippen molar-refractivity contribution in [3.63, 3.8) is 0 Å². The van der Waals surface area contributed by atoms with Crippen LogP contribution in [0.2, 0.25) is 0 Å². The van der Waals surface area contributed by atoms with Gasteiger partial charge < -0.3 is 14.6 Å². The monoisotopic (exact) mass is 244 g/mol. The maximum Gasteiger partial charge on any atom is 0.120 e. The third-order valence-electron chi connectivity index (χ3n) is 2.86. The molecule has 0 unspecified atom stereocenters. The van der Waals surface area contributed by atoms with E-state index in [1.165, 1.54) is 5.56 Å². The topological polar surface area (TPSA) is 26.2 Å². The van der Waals surface area contributed by atoms with Gasteiger partial charge >= 0.3 is 0 Å². The van der Waals surface area contributed by atoms with Gasteiger partial charge in [0.1, 0.15) is 5.75 Å². The van der Waals surface area contributed by atoms with Gasteiger partial charge in [-0.2, -0.15) is 0 Å². The van der Waals surface area contributed by atoms with Crippen LogP contribution in [0, 0.1) is 0 Å². The summed E-state index contributed by atoms with van der Waals surface area (Å²) in [4.78, 5) is 0. The van der Waals surface area contributed by atoms with Gasteiger partial charge in [0.15, 0.2) is 0 Å². The van der Waals surface area contributed by atoms with Gasteiger partial charge in [-0.25, -0.2) is 0 Å². The minimum atomic E-state index is 0.837. The molecule has 0 amide bonds. The molecule has 0 bridgehead atoms. The number of hydrogen-bond acceptors (Lipinski definition) is 2. The van der Waals surface area contributed by atoms with Gasteiger partial charge in [0, 0.05) is 37.2 Å². The quantitative estimate of drug-likeness (QED) is 0.841. The molecule has 3 heteroatoms. The van der Waals surface area contributed by atoms with E-state index in [1.54, 1.807) is 7.11 Å². The summed E-state index contributed by atoms with van der Waals surface area (Å²) in [5, 5.41) is 3.40. The van der Waals surface area contributed by atoms with E-state index in [1.807, 2.05) is 24.3 Å². The van der Waals surface area contributed by atoms with Crippen LogP contribution in [0.4, 0.5) is 5.69 Å². The lowest BCUT2D eigenvalue weighted by Crippen LogP contribution is -1.99. The zero-order valence-corrected chi connectivity index (χ0v) is 11.0. The Kier molecular flexibility index (Phi) is 4.29. The molecule has 96 valence electrons. The summed E-state index contributed by atoms with van der Waals surface area (Å²) in [5.74, 6) is 0.878. The van der Waals surface area contributed by atoms with Crippen LogP contribution < -0.4 is 10.1 Å². The van der Waals surface area contributed by atoms with Crippen LogP contribution in [0.1, 0.15) is 18.9 Å². The maximum absolute atomic E-state index is 5.20. The first kappa shape index (κ1) is 12.6. The molecule has 1 N–H and O–H groups in total. The second kappa shape index (κ2) is 6.15. The van der Waals surface area contributed by atoms with Gasteiger partial charge in [-0.1, -0.05) is 13.0 Å². The Morgan fingerprint density at radius 2 is 2.17 bits per heavy atom. The highest BCUT2D eigenvalue weighted by molar-refractivity contribution is 5.48. The highest BCUT2D eigenvalue weighted by atomic mass is 16.5. The van der Waals surface area contributed by atoms with Crippen molar-refractivity contribution in [2.24, 2.45) is 0 Å². The van der Waals surface area contributed by atoms with Crippen LogP contribution in [0.3, 0.4) is 0 Å². The number of aromatic nitrogens is 1. The second-order valence-electron chi connectivity index (χ2n) is 4.34. The summed E-state index contributed by atoms with van der Waals surface area (Å²) in [6.45, 7) is 4.11. The number of aryl methyl sites for hydroxylation is 1. The molecule has 2 aromatic rings. The third-order valence-corrected chi connectivity index (χ3v) is 2.86. The fraction of sp³-hybridized carbons (Fsp3) is 0.333. The largest absolute Gasteiger partial charge is 0.497 e. The van der Waals surface area contributed by atoms with Gasteiger partial charge in [0.05, 0.1) is 7.11 Å². The van der Waals surface area contributed by atoms with Gasteiger partial charge in [0.25, 0.3) is 0 Å². The molecule has 2 rings (SSSR count). The molecule has 0 aliphatic heterocycles. The summed E-state index contributed by atoms with van der Waals surface area (Å²) < 4.78 is 7.42. The van der Waals surface area contributed by atoms with Crippen molar-refractivity contribution < 1.29 is 4.74 Å². The molecule has 1 heterocycles. The van der Waals surface area contributed by atoms with E-state index in [0.29, 0.717) is 0 Å². The Morgan fingerprint density at radius 1 is 1.28 bits per heavy atom. The average Bonchev–Trinajstić information content (AvgIpc) is 2.85. The summed E-state index contributed by atoms with van der Waals surface area (Å²) in [5.41, 5.74) is 2.38. The van der Waals surface area contributed by atoms with Crippen molar-refractivity contribution >= 4 is 5.69 Å². The molecule has 18 heavy (non-hydrogen) atoms. The number of ether oxygens (including phenoxy) is 1. The lowest BCUT2D eigenvalue weighted by molar-refractivity contribution is 0.415. The van der Waals surface area contributed by atoms with E-state index >= 15 is 0 Å². The standard InChI is InChI=1S/C15H20N2O/c1-3-8-17-9-7-13(12-17)11-16-14-5-4-6-15(10-14)18-2/h4-7,9-10,12,16H,3,8,11H2,1-2H3. The van der Waals surface area contributed by atoms with E-state index < -0.39 is 0 Å². The van der Waals surface area contributed by atoms with Crippen LogP contribution in [0.25, 0.3) is 0 Å². The van der Waals surface area contributed by atoms with Crippen molar-refractivity contribution in [1.29, 1.82) is 0 Å². The zero-order valence-electron chi connectivity index (χ0n) is 11.0. The molecule has 0 spiro atoms. The predicted octanol–water partition coefficient (Wildman–Crippen LogP) is 3.52. The Bertz CT molecular complexity index is 491. The normalized spacial score (nSPS) is 10.3. The number of nitrogens with zero attached hydrogens (tertiary/aromatic N) is 1. The average molecular weight is 244 g/mol. The summed E-state index contributed by atoms with van der Waals surface area (Å²) in [6, 6.07) is 10.1. The number of nitrogens with one attached hydrogen (secondary N) is 1. The molecule has 1 aromatic carbocycles. The van der Waals surface area contributed by atoms with Crippen LogP contribution in [-0.2, 0) is 13.1 Å². The lowest BCUT2D eigenvalue weighted by Gasteiger charge is -2.07. The van der Waals surface area contributed by atoms with Crippen molar-refractivity contribution in [3.05, 3.63) is 48.3 Å². The maximum atomic E-state index is 5.20. The summed E-state index contributed by atoms with van der Waals surface area (Å²) in [6.07, 6.45) is 5.49. The fourth-order valence-corrected chi connectivity index (χ4v) is 1.93. The Morgan fingerprint density at radius 3 is 2.94 bits per heavy atom. The minimum absolute atomic E-state index is 0.837. The Labute approximate surface area is 108 Å². The first-order chi connectivity index (χ1) is 8.81. The zero-order chi connectivity index (χ0) is 12.8. The molecule has 1 aromatic heterocycles. The van der Waals surface area contributed by atoms with E-state index in [4.69, 9.17) is 4.74 Å². The molecule has 0 atom stereocenters. The van der Waals surface area contributed by atoms with E-state index in [2.05, 4.69) is 35.3 Å². The van der Waals surface area contributed by atoms with Gasteiger partial charge in [-0.15, -0.1) is 0 Å². The second-order valence-corrected chi connectivity index (χ2v) is 4.34. The fourth-order valence-electron chi connectivity index (χ4n) is 1.93. The van der Waals surface area contributed by atoms with Crippen LogP contribution in [0.15, 0.2) is 42.7 Å². The Hall–Kier alpha value is -1.90. The van der Waals surface area contributed by atoms with Gasteiger partial charge in [0.2, 0.25) is 0 Å². The molecular formula is C15H20N2O. The molecule has 3 nitrogen and oxygen atoms in total. The first-order valence-corrected chi connectivity index (χ1v) is 6.34. The SMILES string of the molecule is CCCn1ccc(CNc2cccc(OC)c2)c1. The number of hydrogen-bond donors (Lipinski definition) is 1. The smallest absolute Gasteiger partial charge is 0.120 e. The molecule has 0 aliphatic carbocycles. The van der Waals surface area contributed by atoms with Crippen LogP contribution in [-0.4, -0.2) is 11.7 Å². The highest BCUT2D eigenvalue weighted by Crippen LogP contribution is 2.17. The molecule has 0 radical (unpaired) electrons. The third kappa shape index (κ3) is 3.29. The highest BCUT2D eigenvalue weighted by Gasteiger charge is 1.98. The minimum Gasteiger partial charge on any atom is -0.497 e. The van der Waals surface area contributed by atoms with Crippen LogP contribution >= 0.6 is 0 Å². The van der Waals surface area contributed by atoms with E-state index in [9.17, 15) is 0 Å². The van der Waals surface area contributed by atoms with Crippen molar-refractivity contribution in [3.8, 4) is 5.75 Å². The lowest BCUT2D eigenvalue weighted by atomic mass is 10.3.